The highest BCUT2D eigenvalue weighted by Gasteiger charge is 2.08. The first-order chi connectivity index (χ1) is 4.70. The molecule has 0 heterocycles. The highest BCUT2D eigenvalue weighted by molar-refractivity contribution is 7.83. The minimum Gasteiger partial charge on any atom is -0.302 e. The predicted octanol–water partition coefficient (Wildman–Crippen LogP) is 2.01. The zero-order valence-electron chi connectivity index (χ0n) is 5.21. The van der Waals surface area contributed by atoms with E-state index in [0.717, 1.165) is 5.03 Å². The van der Waals surface area contributed by atoms with Crippen LogP contribution in [-0.4, -0.2) is 8.76 Å². The van der Waals surface area contributed by atoms with Crippen LogP contribution in [0.4, 0.5) is 0 Å². The standard InChI is InChI=1S/C6H7ClO2S/c7-5-1-3-6(4-2-5)10(8)9/h1,3H,2,4H2,(H,8,9). The van der Waals surface area contributed by atoms with Gasteiger partial charge in [-0.15, -0.1) is 0 Å². The van der Waals surface area contributed by atoms with Gasteiger partial charge in [-0.05, 0) is 25.0 Å². The van der Waals surface area contributed by atoms with Gasteiger partial charge in [0.2, 0.25) is 0 Å². The van der Waals surface area contributed by atoms with Crippen LogP contribution < -0.4 is 0 Å². The summed E-state index contributed by atoms with van der Waals surface area (Å²) in [4.78, 5) is 0.546. The van der Waals surface area contributed by atoms with Crippen LogP contribution in [0.3, 0.4) is 0 Å². The third-order valence-corrected chi connectivity index (χ3v) is 2.39. The van der Waals surface area contributed by atoms with Crippen LogP contribution >= 0.6 is 11.6 Å². The predicted molar refractivity (Wildman–Crippen MR) is 42.0 cm³/mol. The number of hydrogen-bond donors (Lipinski definition) is 1. The maximum atomic E-state index is 10.4. The Kier molecular flexibility index (Phi) is 2.65. The van der Waals surface area contributed by atoms with Crippen LogP contribution in [-0.2, 0) is 11.1 Å². The number of allylic oxidation sites excluding steroid dienone is 4. The summed E-state index contributed by atoms with van der Waals surface area (Å²) in [7, 11) is 0. The molecule has 1 unspecified atom stereocenters. The summed E-state index contributed by atoms with van der Waals surface area (Å²) in [6.45, 7) is 0. The summed E-state index contributed by atoms with van der Waals surface area (Å²) in [5, 5.41) is 0.745. The van der Waals surface area contributed by atoms with Crippen molar-refractivity contribution in [3.63, 3.8) is 0 Å². The van der Waals surface area contributed by atoms with Crippen LogP contribution in [0.5, 0.6) is 0 Å². The zero-order chi connectivity index (χ0) is 7.56. The second kappa shape index (κ2) is 3.32. The summed E-state index contributed by atoms with van der Waals surface area (Å²) >= 11 is 3.81. The van der Waals surface area contributed by atoms with E-state index < -0.39 is 11.1 Å². The topological polar surface area (TPSA) is 37.3 Å². The Labute approximate surface area is 66.9 Å². The van der Waals surface area contributed by atoms with Gasteiger partial charge in [0.1, 0.15) is 0 Å². The molecular weight excluding hydrogens is 172 g/mol. The quantitative estimate of drug-likeness (QED) is 0.624. The van der Waals surface area contributed by atoms with Crippen molar-refractivity contribution in [1.29, 1.82) is 0 Å². The summed E-state index contributed by atoms with van der Waals surface area (Å²) in [6, 6.07) is 0. The van der Waals surface area contributed by atoms with E-state index in [0.29, 0.717) is 17.7 Å². The van der Waals surface area contributed by atoms with Gasteiger partial charge in [0.15, 0.2) is 11.1 Å². The minimum absolute atomic E-state index is 0.546. The van der Waals surface area contributed by atoms with Crippen LogP contribution in [0.2, 0.25) is 0 Å². The molecule has 10 heavy (non-hydrogen) atoms. The molecule has 0 aromatic carbocycles. The van der Waals surface area contributed by atoms with Gasteiger partial charge in [-0.3, -0.25) is 0 Å². The maximum absolute atomic E-state index is 10.4. The SMILES string of the molecule is O=S(O)C1=CC=C(Cl)CC1. The highest BCUT2D eigenvalue weighted by atomic mass is 35.5. The molecule has 0 spiro atoms. The molecule has 0 aromatic rings. The lowest BCUT2D eigenvalue weighted by atomic mass is 10.2. The Balaban J connectivity index is 2.74. The molecule has 0 bridgehead atoms. The fourth-order valence-electron chi connectivity index (χ4n) is 0.738. The second-order valence-corrected chi connectivity index (χ2v) is 3.50. The Morgan fingerprint density at radius 3 is 2.60 bits per heavy atom. The molecule has 56 valence electrons. The molecule has 0 amide bonds. The Hall–Kier alpha value is -0.120. The van der Waals surface area contributed by atoms with Gasteiger partial charge in [-0.25, -0.2) is 4.21 Å². The molecule has 0 aliphatic heterocycles. The average Bonchev–Trinajstić information content (AvgIpc) is 1.88. The van der Waals surface area contributed by atoms with Crippen LogP contribution in [0, 0.1) is 0 Å². The van der Waals surface area contributed by atoms with Crippen molar-refractivity contribution >= 4 is 22.7 Å². The summed E-state index contributed by atoms with van der Waals surface area (Å²) in [5.41, 5.74) is 0. The molecule has 0 saturated heterocycles. The van der Waals surface area contributed by atoms with Crippen molar-refractivity contribution in [1.82, 2.24) is 0 Å². The molecule has 0 saturated carbocycles. The maximum Gasteiger partial charge on any atom is 0.182 e. The first-order valence-electron chi connectivity index (χ1n) is 2.86. The normalized spacial score (nSPS) is 21.4. The molecule has 4 heteroatoms. The Morgan fingerprint density at radius 2 is 2.20 bits per heavy atom. The molecule has 1 atom stereocenters. The van der Waals surface area contributed by atoms with Crippen molar-refractivity contribution in [3.8, 4) is 0 Å². The van der Waals surface area contributed by atoms with E-state index in [1.54, 1.807) is 12.2 Å². The van der Waals surface area contributed by atoms with Gasteiger partial charge in [0.25, 0.3) is 0 Å². The van der Waals surface area contributed by atoms with Gasteiger partial charge in [-0.2, -0.15) is 0 Å². The lowest BCUT2D eigenvalue weighted by Crippen LogP contribution is -1.96. The van der Waals surface area contributed by atoms with Gasteiger partial charge in [-0.1, -0.05) is 11.6 Å². The molecule has 2 nitrogen and oxygen atoms in total. The van der Waals surface area contributed by atoms with E-state index in [9.17, 15) is 4.21 Å². The summed E-state index contributed by atoms with van der Waals surface area (Å²) in [5.74, 6) is 0. The molecule has 1 rings (SSSR count). The first kappa shape index (κ1) is 7.98. The fourth-order valence-corrected chi connectivity index (χ4v) is 1.36. The van der Waals surface area contributed by atoms with Crippen molar-refractivity contribution < 1.29 is 8.76 Å². The molecule has 1 aliphatic rings. The second-order valence-electron chi connectivity index (χ2n) is 2.00. The number of halogens is 1. The molecule has 0 radical (unpaired) electrons. The molecule has 1 N–H and O–H groups in total. The Bertz CT molecular complexity index is 220. The number of rotatable bonds is 1. The van der Waals surface area contributed by atoms with Gasteiger partial charge in [0.05, 0.1) is 0 Å². The van der Waals surface area contributed by atoms with Crippen molar-refractivity contribution in [2.45, 2.75) is 12.8 Å². The third kappa shape index (κ3) is 1.94. The largest absolute Gasteiger partial charge is 0.302 e. The lowest BCUT2D eigenvalue weighted by Gasteiger charge is -2.05. The van der Waals surface area contributed by atoms with Crippen LogP contribution in [0.15, 0.2) is 22.1 Å². The van der Waals surface area contributed by atoms with E-state index in [4.69, 9.17) is 16.2 Å². The van der Waals surface area contributed by atoms with E-state index >= 15 is 0 Å². The molecule has 0 aromatic heterocycles. The molecular formula is C6H7ClO2S. The van der Waals surface area contributed by atoms with Crippen molar-refractivity contribution in [3.05, 3.63) is 22.1 Å². The Morgan fingerprint density at radius 1 is 1.50 bits per heavy atom. The van der Waals surface area contributed by atoms with Crippen LogP contribution in [0.25, 0.3) is 0 Å². The summed E-state index contributed by atoms with van der Waals surface area (Å²) in [6.07, 6.45) is 4.54. The smallest absolute Gasteiger partial charge is 0.182 e. The monoisotopic (exact) mass is 178 g/mol. The van der Waals surface area contributed by atoms with E-state index in [1.165, 1.54) is 0 Å². The van der Waals surface area contributed by atoms with Crippen LogP contribution in [0.1, 0.15) is 12.8 Å². The van der Waals surface area contributed by atoms with E-state index in [2.05, 4.69) is 0 Å². The summed E-state index contributed by atoms with van der Waals surface area (Å²) < 4.78 is 19.0. The van der Waals surface area contributed by atoms with Crippen molar-refractivity contribution in [2.75, 3.05) is 0 Å². The fraction of sp³-hybridized carbons (Fsp3) is 0.333. The van der Waals surface area contributed by atoms with E-state index in [-0.39, 0.29) is 0 Å². The van der Waals surface area contributed by atoms with Crippen molar-refractivity contribution in [2.24, 2.45) is 0 Å². The molecule has 1 aliphatic carbocycles. The first-order valence-corrected chi connectivity index (χ1v) is 4.34. The zero-order valence-corrected chi connectivity index (χ0v) is 6.78. The lowest BCUT2D eigenvalue weighted by molar-refractivity contribution is 0.569. The average molecular weight is 179 g/mol. The number of hydrogen-bond acceptors (Lipinski definition) is 1. The third-order valence-electron chi connectivity index (χ3n) is 1.28. The van der Waals surface area contributed by atoms with Gasteiger partial charge in [0, 0.05) is 9.94 Å². The van der Waals surface area contributed by atoms with Gasteiger partial charge >= 0.3 is 0 Å². The van der Waals surface area contributed by atoms with E-state index in [1.807, 2.05) is 0 Å². The minimum atomic E-state index is -1.81. The molecule has 0 fully saturated rings. The van der Waals surface area contributed by atoms with Gasteiger partial charge < -0.3 is 4.55 Å². The highest BCUT2D eigenvalue weighted by Crippen LogP contribution is 2.21.